The van der Waals surface area contributed by atoms with E-state index in [0.717, 1.165) is 30.6 Å². The van der Waals surface area contributed by atoms with E-state index in [1.54, 1.807) is 18.7 Å². The summed E-state index contributed by atoms with van der Waals surface area (Å²) in [5, 5.41) is 11.3. The van der Waals surface area contributed by atoms with Crippen molar-refractivity contribution in [3.05, 3.63) is 39.4 Å². The summed E-state index contributed by atoms with van der Waals surface area (Å²) in [5.74, 6) is -1.96. The van der Waals surface area contributed by atoms with E-state index in [0.29, 0.717) is 13.1 Å². The number of hydrogen-bond donors (Lipinski definition) is 0. The van der Waals surface area contributed by atoms with Crippen molar-refractivity contribution in [3.63, 3.8) is 0 Å². The number of hydrogen-bond acceptors (Lipinski definition) is 5. The van der Waals surface area contributed by atoms with Gasteiger partial charge in [-0.05, 0) is 24.8 Å². The summed E-state index contributed by atoms with van der Waals surface area (Å²) in [7, 11) is 0. The van der Waals surface area contributed by atoms with Crippen LogP contribution in [0.15, 0.2) is 18.2 Å². The van der Waals surface area contributed by atoms with Crippen molar-refractivity contribution in [2.24, 2.45) is 5.92 Å². The molecular weight excluding hydrogens is 350 g/mol. The second kappa shape index (κ2) is 7.46. The molecular formula is C19H23N3O5. The van der Waals surface area contributed by atoms with Gasteiger partial charge in [-0.25, -0.2) is 0 Å². The lowest BCUT2D eigenvalue weighted by Gasteiger charge is -2.33. The number of nitro groups is 1. The minimum Gasteiger partial charge on any atom is -0.341 e. The molecule has 2 aliphatic rings. The fourth-order valence-corrected chi connectivity index (χ4v) is 3.86. The smallest absolute Gasteiger partial charge is 0.282 e. The minimum atomic E-state index is -0.963. The summed E-state index contributed by atoms with van der Waals surface area (Å²) in [5.41, 5.74) is -0.636. The topological polar surface area (TPSA) is 101 Å². The third-order valence-corrected chi connectivity index (χ3v) is 5.20. The zero-order chi connectivity index (χ0) is 19.7. The number of imide groups is 1. The molecule has 3 rings (SSSR count). The van der Waals surface area contributed by atoms with E-state index in [1.165, 1.54) is 18.2 Å². The van der Waals surface area contributed by atoms with Gasteiger partial charge in [0.2, 0.25) is 5.91 Å². The molecule has 2 aliphatic heterocycles. The number of benzene rings is 1. The number of rotatable bonds is 4. The van der Waals surface area contributed by atoms with Gasteiger partial charge in [-0.15, -0.1) is 0 Å². The van der Waals surface area contributed by atoms with Crippen molar-refractivity contribution < 1.29 is 19.3 Å². The first kappa shape index (κ1) is 19.0. The maximum atomic E-state index is 13.2. The van der Waals surface area contributed by atoms with Gasteiger partial charge < -0.3 is 4.90 Å². The molecule has 0 radical (unpaired) electrons. The maximum absolute atomic E-state index is 13.2. The predicted octanol–water partition coefficient (Wildman–Crippen LogP) is 2.62. The molecule has 1 atom stereocenters. The lowest BCUT2D eigenvalue weighted by molar-refractivity contribution is -0.385. The molecule has 27 heavy (non-hydrogen) atoms. The van der Waals surface area contributed by atoms with Gasteiger partial charge in [-0.1, -0.05) is 32.8 Å². The Labute approximate surface area is 157 Å². The highest BCUT2D eigenvalue weighted by atomic mass is 16.6. The molecule has 0 bridgehead atoms. The van der Waals surface area contributed by atoms with E-state index < -0.39 is 28.5 Å². The van der Waals surface area contributed by atoms with Crippen molar-refractivity contribution in [2.75, 3.05) is 13.1 Å². The predicted molar refractivity (Wildman–Crippen MR) is 97.3 cm³/mol. The molecule has 0 aromatic heterocycles. The Morgan fingerprint density at radius 2 is 1.70 bits per heavy atom. The number of fused-ring (bicyclic) bond motifs is 1. The number of likely N-dealkylation sites (tertiary alicyclic amines) is 1. The lowest BCUT2D eigenvalue weighted by atomic mass is 10.0. The standard InChI is InChI=1S/C19H23N3O5/c1-12(2)16(19(25)20-10-5-3-4-6-11-20)21-17(23)13-8-7-9-14(22(26)27)15(13)18(21)24/h7-9,12,16H,3-6,10-11H2,1-2H3/t16-/m0/s1. The molecule has 0 N–H and O–H groups in total. The van der Waals surface area contributed by atoms with Crippen LogP contribution in [-0.2, 0) is 4.79 Å². The normalized spacial score (nSPS) is 18.5. The van der Waals surface area contributed by atoms with Crippen LogP contribution in [0, 0.1) is 16.0 Å². The van der Waals surface area contributed by atoms with Crippen LogP contribution in [0.2, 0.25) is 0 Å². The summed E-state index contributed by atoms with van der Waals surface area (Å²) in [6.45, 7) is 4.76. The zero-order valence-electron chi connectivity index (χ0n) is 15.5. The highest BCUT2D eigenvalue weighted by Gasteiger charge is 2.48. The first-order valence-electron chi connectivity index (χ1n) is 9.28. The van der Waals surface area contributed by atoms with Crippen LogP contribution < -0.4 is 0 Å². The van der Waals surface area contributed by atoms with Gasteiger partial charge in [-0.2, -0.15) is 0 Å². The van der Waals surface area contributed by atoms with Crippen LogP contribution >= 0.6 is 0 Å². The molecule has 1 fully saturated rings. The van der Waals surface area contributed by atoms with Gasteiger partial charge in [0.25, 0.3) is 17.5 Å². The van der Waals surface area contributed by atoms with Crippen molar-refractivity contribution >= 4 is 23.4 Å². The Morgan fingerprint density at radius 1 is 1.07 bits per heavy atom. The molecule has 1 saturated heterocycles. The van der Waals surface area contributed by atoms with Crippen LogP contribution in [0.5, 0.6) is 0 Å². The molecule has 0 unspecified atom stereocenters. The van der Waals surface area contributed by atoms with E-state index in [2.05, 4.69) is 0 Å². The molecule has 0 saturated carbocycles. The van der Waals surface area contributed by atoms with Gasteiger partial charge in [0.1, 0.15) is 11.6 Å². The fraction of sp³-hybridized carbons (Fsp3) is 0.526. The van der Waals surface area contributed by atoms with E-state index in [4.69, 9.17) is 0 Å². The molecule has 0 spiro atoms. The summed E-state index contributed by atoms with van der Waals surface area (Å²) >= 11 is 0. The third kappa shape index (κ3) is 3.31. The summed E-state index contributed by atoms with van der Waals surface area (Å²) in [6.07, 6.45) is 3.89. The summed E-state index contributed by atoms with van der Waals surface area (Å²) in [4.78, 5) is 52.3. The van der Waals surface area contributed by atoms with Crippen LogP contribution in [0.25, 0.3) is 0 Å². The highest BCUT2D eigenvalue weighted by molar-refractivity contribution is 6.24. The quantitative estimate of drug-likeness (QED) is 0.459. The average molecular weight is 373 g/mol. The van der Waals surface area contributed by atoms with E-state index in [1.807, 2.05) is 0 Å². The van der Waals surface area contributed by atoms with Gasteiger partial charge >= 0.3 is 0 Å². The largest absolute Gasteiger partial charge is 0.341 e. The second-order valence-corrected chi connectivity index (χ2v) is 7.37. The maximum Gasteiger partial charge on any atom is 0.282 e. The van der Waals surface area contributed by atoms with Gasteiger partial charge in [0.15, 0.2) is 0 Å². The number of carbonyl (C=O) groups excluding carboxylic acids is 3. The Morgan fingerprint density at radius 3 is 2.26 bits per heavy atom. The lowest BCUT2D eigenvalue weighted by Crippen LogP contribution is -2.53. The minimum absolute atomic E-state index is 0.0106. The van der Waals surface area contributed by atoms with Crippen LogP contribution in [0.1, 0.15) is 60.2 Å². The Hall–Kier alpha value is -2.77. The van der Waals surface area contributed by atoms with Crippen molar-refractivity contribution in [2.45, 2.75) is 45.6 Å². The van der Waals surface area contributed by atoms with Gasteiger partial charge in [0, 0.05) is 19.2 Å². The molecule has 1 aromatic rings. The second-order valence-electron chi connectivity index (χ2n) is 7.37. The SMILES string of the molecule is CC(C)[C@@H](C(=O)N1CCCCCC1)N1C(=O)c2cccc([N+](=O)[O-])c2C1=O. The molecule has 1 aromatic carbocycles. The van der Waals surface area contributed by atoms with E-state index >= 15 is 0 Å². The van der Waals surface area contributed by atoms with Crippen LogP contribution in [-0.4, -0.2) is 51.6 Å². The number of nitrogens with zero attached hydrogens (tertiary/aromatic N) is 3. The first-order chi connectivity index (χ1) is 12.8. The number of nitro benzene ring substituents is 1. The molecule has 144 valence electrons. The van der Waals surface area contributed by atoms with E-state index in [-0.39, 0.29) is 23.0 Å². The fourth-order valence-electron chi connectivity index (χ4n) is 3.86. The zero-order valence-corrected chi connectivity index (χ0v) is 15.5. The van der Waals surface area contributed by atoms with E-state index in [9.17, 15) is 24.5 Å². The van der Waals surface area contributed by atoms with Gasteiger partial charge in [-0.3, -0.25) is 29.4 Å². The Kier molecular flexibility index (Phi) is 5.25. The number of carbonyl (C=O) groups is 3. The summed E-state index contributed by atoms with van der Waals surface area (Å²) in [6, 6.07) is 3.02. The summed E-state index contributed by atoms with van der Waals surface area (Å²) < 4.78 is 0. The monoisotopic (exact) mass is 373 g/mol. The molecule has 0 aliphatic carbocycles. The Bertz CT molecular complexity index is 797. The first-order valence-corrected chi connectivity index (χ1v) is 9.28. The van der Waals surface area contributed by atoms with Crippen LogP contribution in [0.3, 0.4) is 0 Å². The number of amides is 3. The van der Waals surface area contributed by atoms with Gasteiger partial charge in [0.05, 0.1) is 10.5 Å². The highest BCUT2D eigenvalue weighted by Crippen LogP contribution is 2.33. The Balaban J connectivity index is 1.98. The van der Waals surface area contributed by atoms with Crippen LogP contribution in [0.4, 0.5) is 5.69 Å². The average Bonchev–Trinajstić information content (AvgIpc) is 2.83. The molecule has 8 heteroatoms. The molecule has 2 heterocycles. The third-order valence-electron chi connectivity index (χ3n) is 5.20. The van der Waals surface area contributed by atoms with Crippen molar-refractivity contribution in [3.8, 4) is 0 Å². The molecule has 8 nitrogen and oxygen atoms in total. The van der Waals surface area contributed by atoms with Crippen molar-refractivity contribution in [1.29, 1.82) is 0 Å². The van der Waals surface area contributed by atoms with Crippen molar-refractivity contribution in [1.82, 2.24) is 9.80 Å². The molecule has 3 amide bonds.